The number of carbonyl (C=O) groups is 2. The summed E-state index contributed by atoms with van der Waals surface area (Å²) < 4.78 is 2.25. The van der Waals surface area contributed by atoms with Crippen LogP contribution in [0.2, 0.25) is 0 Å². The number of hydrogen-bond acceptors (Lipinski definition) is 3. The minimum Gasteiger partial charge on any atom is -0.348 e. The number of aromatic nitrogens is 1. The van der Waals surface area contributed by atoms with Gasteiger partial charge in [0.15, 0.2) is 0 Å². The normalized spacial score (nSPS) is 15.9. The fourth-order valence-corrected chi connectivity index (χ4v) is 4.05. The smallest absolute Gasteiger partial charge is 0.243 e. The molecule has 1 aliphatic heterocycles. The van der Waals surface area contributed by atoms with Crippen molar-refractivity contribution in [3.8, 4) is 0 Å². The van der Waals surface area contributed by atoms with Crippen molar-refractivity contribution >= 4 is 17.5 Å². The maximum atomic E-state index is 13.0. The van der Waals surface area contributed by atoms with Gasteiger partial charge in [-0.3, -0.25) is 14.5 Å². The van der Waals surface area contributed by atoms with E-state index in [2.05, 4.69) is 45.2 Å². The molecule has 1 aromatic heterocycles. The highest BCUT2D eigenvalue weighted by molar-refractivity contribution is 5.94. The highest BCUT2D eigenvalue weighted by atomic mass is 16.2. The molecule has 2 aromatic carbocycles. The van der Waals surface area contributed by atoms with Crippen molar-refractivity contribution < 1.29 is 9.59 Å². The van der Waals surface area contributed by atoms with Gasteiger partial charge in [-0.1, -0.05) is 48.0 Å². The fourth-order valence-electron chi connectivity index (χ4n) is 4.05. The van der Waals surface area contributed by atoms with Crippen LogP contribution in [0, 0.1) is 6.92 Å². The van der Waals surface area contributed by atoms with Gasteiger partial charge >= 0.3 is 0 Å². The highest BCUT2D eigenvalue weighted by Crippen LogP contribution is 2.32. The first-order valence-electron chi connectivity index (χ1n) is 10.6. The van der Waals surface area contributed by atoms with Crippen LogP contribution < -0.4 is 5.32 Å². The van der Waals surface area contributed by atoms with Gasteiger partial charge in [0.25, 0.3) is 0 Å². The lowest BCUT2D eigenvalue weighted by Crippen LogP contribution is -2.46. The number of likely N-dealkylation sites (N-methyl/N-ethyl adjacent to an activating group) is 1. The van der Waals surface area contributed by atoms with E-state index in [9.17, 15) is 9.59 Å². The molecule has 0 saturated heterocycles. The Morgan fingerprint density at radius 3 is 2.48 bits per heavy atom. The first-order valence-corrected chi connectivity index (χ1v) is 10.6. The Kier molecular flexibility index (Phi) is 6.18. The third-order valence-corrected chi connectivity index (χ3v) is 5.73. The van der Waals surface area contributed by atoms with Crippen LogP contribution in [-0.2, 0) is 16.1 Å². The lowest BCUT2D eigenvalue weighted by Gasteiger charge is -2.37. The van der Waals surface area contributed by atoms with E-state index in [-0.39, 0.29) is 30.9 Å². The number of carbonyl (C=O) groups excluding carboxylic acids is 2. The molecule has 2 heterocycles. The van der Waals surface area contributed by atoms with Gasteiger partial charge in [0.2, 0.25) is 11.8 Å². The van der Waals surface area contributed by atoms with Crippen LogP contribution >= 0.6 is 0 Å². The Bertz CT molecular complexity index is 1040. The van der Waals surface area contributed by atoms with E-state index in [4.69, 9.17) is 0 Å². The Morgan fingerprint density at radius 2 is 1.74 bits per heavy atom. The van der Waals surface area contributed by atoms with Crippen molar-refractivity contribution in [3.05, 3.63) is 89.7 Å². The van der Waals surface area contributed by atoms with E-state index in [0.717, 1.165) is 29.9 Å². The largest absolute Gasteiger partial charge is 0.348 e. The lowest BCUT2D eigenvalue weighted by molar-refractivity contribution is -0.134. The van der Waals surface area contributed by atoms with Gasteiger partial charge in [0.05, 0.1) is 19.1 Å². The second-order valence-electron chi connectivity index (χ2n) is 8.07. The zero-order valence-electron chi connectivity index (χ0n) is 18.0. The lowest BCUT2D eigenvalue weighted by atomic mass is 10.00. The summed E-state index contributed by atoms with van der Waals surface area (Å²) >= 11 is 0. The number of anilines is 1. The Hall–Kier alpha value is -3.38. The Morgan fingerprint density at radius 1 is 1.00 bits per heavy atom. The molecule has 0 fully saturated rings. The summed E-state index contributed by atoms with van der Waals surface area (Å²) in [6, 6.07) is 22.1. The summed E-state index contributed by atoms with van der Waals surface area (Å²) in [5.41, 5.74) is 4.21. The second-order valence-corrected chi connectivity index (χ2v) is 8.07. The zero-order valence-corrected chi connectivity index (χ0v) is 18.0. The fraction of sp³-hybridized carbons (Fsp3) is 0.280. The summed E-state index contributed by atoms with van der Waals surface area (Å²) in [6.07, 6.45) is 2.09. The molecule has 1 aliphatic rings. The van der Waals surface area contributed by atoms with Gasteiger partial charge < -0.3 is 14.8 Å². The number of benzene rings is 2. The Balaban J connectivity index is 1.41. The van der Waals surface area contributed by atoms with Crippen molar-refractivity contribution in [1.29, 1.82) is 0 Å². The molecule has 0 aliphatic carbocycles. The van der Waals surface area contributed by atoms with Gasteiger partial charge in [0, 0.05) is 37.7 Å². The van der Waals surface area contributed by atoms with Crippen molar-refractivity contribution in [3.63, 3.8) is 0 Å². The molecule has 2 amide bonds. The number of aryl methyl sites for hydroxylation is 1. The van der Waals surface area contributed by atoms with E-state index in [1.165, 1.54) is 10.6 Å². The number of nitrogens with one attached hydrogen (secondary N) is 1. The summed E-state index contributed by atoms with van der Waals surface area (Å²) in [4.78, 5) is 29.1. The molecule has 0 saturated carbocycles. The number of fused-ring (bicyclic) bond motifs is 1. The SMILES string of the molecule is Cc1ccc(NC(=O)CN(C)C(=O)CN2CCn3cccc3[C@@H]2c2ccccc2)cc1. The molecule has 6 nitrogen and oxygen atoms in total. The average Bonchev–Trinajstić information content (AvgIpc) is 3.24. The number of rotatable bonds is 6. The van der Waals surface area contributed by atoms with Gasteiger partial charge in [0.1, 0.15) is 0 Å². The monoisotopic (exact) mass is 416 g/mol. The molecule has 0 spiro atoms. The molecule has 0 bridgehead atoms. The minimum atomic E-state index is -0.202. The van der Waals surface area contributed by atoms with Crippen LogP contribution in [-0.4, -0.2) is 52.9 Å². The van der Waals surface area contributed by atoms with Crippen LogP contribution in [0.25, 0.3) is 0 Å². The molecular formula is C25H28N4O2. The molecule has 3 aromatic rings. The predicted molar refractivity (Wildman–Crippen MR) is 122 cm³/mol. The van der Waals surface area contributed by atoms with Crippen molar-refractivity contribution in [2.75, 3.05) is 32.0 Å². The molecule has 1 atom stereocenters. The third kappa shape index (κ3) is 4.86. The van der Waals surface area contributed by atoms with Crippen LogP contribution in [0.4, 0.5) is 5.69 Å². The van der Waals surface area contributed by atoms with Crippen LogP contribution in [0.5, 0.6) is 0 Å². The first-order chi connectivity index (χ1) is 15.0. The minimum absolute atomic E-state index is 0.0173. The van der Waals surface area contributed by atoms with Crippen molar-refractivity contribution in [2.24, 2.45) is 0 Å². The maximum absolute atomic E-state index is 13.0. The number of nitrogens with zero attached hydrogens (tertiary/aromatic N) is 3. The molecule has 0 radical (unpaired) electrons. The van der Waals surface area contributed by atoms with Gasteiger partial charge in [-0.05, 0) is 36.8 Å². The molecule has 160 valence electrons. The van der Waals surface area contributed by atoms with E-state index < -0.39 is 0 Å². The number of amides is 2. The average molecular weight is 417 g/mol. The van der Waals surface area contributed by atoms with Crippen LogP contribution in [0.15, 0.2) is 72.9 Å². The summed E-state index contributed by atoms with van der Waals surface area (Å²) in [6.45, 7) is 3.90. The van der Waals surface area contributed by atoms with E-state index in [1.807, 2.05) is 49.4 Å². The topological polar surface area (TPSA) is 57.6 Å². The highest BCUT2D eigenvalue weighted by Gasteiger charge is 2.30. The van der Waals surface area contributed by atoms with E-state index in [0.29, 0.717) is 0 Å². The van der Waals surface area contributed by atoms with Crippen molar-refractivity contribution in [2.45, 2.75) is 19.5 Å². The molecule has 6 heteroatoms. The van der Waals surface area contributed by atoms with Crippen molar-refractivity contribution in [1.82, 2.24) is 14.4 Å². The van der Waals surface area contributed by atoms with E-state index in [1.54, 1.807) is 7.05 Å². The molecule has 1 N–H and O–H groups in total. The molecule has 31 heavy (non-hydrogen) atoms. The predicted octanol–water partition coefficient (Wildman–Crippen LogP) is 3.30. The molecule has 0 unspecified atom stereocenters. The second kappa shape index (κ2) is 9.18. The van der Waals surface area contributed by atoms with Crippen LogP contribution in [0.3, 0.4) is 0 Å². The first kappa shape index (κ1) is 20.9. The zero-order chi connectivity index (χ0) is 21.8. The van der Waals surface area contributed by atoms with Gasteiger partial charge in [-0.25, -0.2) is 0 Å². The standard InChI is InChI=1S/C25H28N4O2/c1-19-10-12-21(13-11-19)26-23(30)17-27(2)24(31)18-29-16-15-28-14-6-9-22(28)25(29)20-7-4-3-5-8-20/h3-14,25H,15-18H2,1-2H3,(H,26,30)/t25-/m0/s1. The van der Waals surface area contributed by atoms with Crippen LogP contribution in [0.1, 0.15) is 22.9 Å². The molecule has 4 rings (SSSR count). The summed E-state index contributed by atoms with van der Waals surface area (Å²) in [5.74, 6) is -0.271. The van der Waals surface area contributed by atoms with E-state index >= 15 is 0 Å². The quantitative estimate of drug-likeness (QED) is 0.671. The summed E-state index contributed by atoms with van der Waals surface area (Å²) in [7, 11) is 1.68. The summed E-state index contributed by atoms with van der Waals surface area (Å²) in [5, 5.41) is 2.85. The van der Waals surface area contributed by atoms with Gasteiger partial charge in [-0.2, -0.15) is 0 Å². The number of hydrogen-bond donors (Lipinski definition) is 1. The third-order valence-electron chi connectivity index (χ3n) is 5.73. The molecular weight excluding hydrogens is 388 g/mol. The maximum Gasteiger partial charge on any atom is 0.243 e. The Labute approximate surface area is 183 Å². The van der Waals surface area contributed by atoms with Gasteiger partial charge in [-0.15, -0.1) is 0 Å².